The van der Waals surface area contributed by atoms with Crippen LogP contribution in [0.3, 0.4) is 0 Å². The maximum absolute atomic E-state index is 6.31. The molecule has 0 aliphatic carbocycles. The number of rotatable bonds is 3. The van der Waals surface area contributed by atoms with Gasteiger partial charge in [0.2, 0.25) is 0 Å². The molecule has 0 aromatic heterocycles. The van der Waals surface area contributed by atoms with E-state index in [0.717, 1.165) is 37.2 Å². The van der Waals surface area contributed by atoms with Gasteiger partial charge in [-0.1, -0.05) is 13.3 Å². The Hall–Kier alpha value is -0.750. The van der Waals surface area contributed by atoms with Crippen LogP contribution >= 0.6 is 9.47 Å². The molecule has 1 aromatic carbocycles. The van der Waals surface area contributed by atoms with Gasteiger partial charge in [-0.05, 0) is 57.2 Å². The number of hydrogen-bond donors (Lipinski definition) is 0. The first-order valence-electron chi connectivity index (χ1n) is 6.69. The summed E-state index contributed by atoms with van der Waals surface area (Å²) < 4.78 is 11.7. The van der Waals surface area contributed by atoms with Gasteiger partial charge in [-0.3, -0.25) is 0 Å². The third kappa shape index (κ3) is 2.36. The molecule has 18 heavy (non-hydrogen) atoms. The summed E-state index contributed by atoms with van der Waals surface area (Å²) in [7, 11) is 2.33. The molecule has 1 aliphatic heterocycles. The lowest BCUT2D eigenvalue weighted by Gasteiger charge is -2.37. The highest BCUT2D eigenvalue weighted by Crippen LogP contribution is 2.42. The molecular weight excluding hydrogens is 243 g/mol. The number of fused-ring (bicyclic) bond motifs is 1. The van der Waals surface area contributed by atoms with Crippen molar-refractivity contribution in [1.29, 1.82) is 0 Å². The molecule has 1 heterocycles. The average molecular weight is 266 g/mol. The van der Waals surface area contributed by atoms with Crippen molar-refractivity contribution in [2.24, 2.45) is 0 Å². The molecule has 0 spiro atoms. The molecule has 0 fully saturated rings. The molecule has 0 bridgehead atoms. The fourth-order valence-electron chi connectivity index (χ4n) is 2.88. The van der Waals surface area contributed by atoms with Gasteiger partial charge in [-0.15, -0.1) is 0 Å². The van der Waals surface area contributed by atoms with Gasteiger partial charge in [0.05, 0.1) is 9.47 Å². The summed E-state index contributed by atoms with van der Waals surface area (Å²) in [6, 6.07) is 2.07. The van der Waals surface area contributed by atoms with E-state index < -0.39 is 0 Å². The van der Waals surface area contributed by atoms with E-state index in [1.807, 2.05) is 0 Å². The largest absolute Gasteiger partial charge is 0.487 e. The maximum atomic E-state index is 6.31. The summed E-state index contributed by atoms with van der Waals surface area (Å²) in [6.07, 6.45) is 4.46. The average Bonchev–Trinajstić information content (AvgIpc) is 2.33. The molecule has 2 nitrogen and oxygen atoms in total. The van der Waals surface area contributed by atoms with Gasteiger partial charge in [0.25, 0.3) is 0 Å². The van der Waals surface area contributed by atoms with E-state index in [2.05, 4.69) is 43.2 Å². The Balaban J connectivity index is 2.42. The molecule has 1 aliphatic rings. The monoisotopic (exact) mass is 266 g/mol. The Morgan fingerprint density at radius 3 is 2.78 bits per heavy atom. The van der Waals surface area contributed by atoms with E-state index in [1.54, 1.807) is 0 Å². The molecule has 0 amide bonds. The zero-order chi connectivity index (χ0) is 13.3. The Bertz CT molecular complexity index is 456. The first kappa shape index (κ1) is 13.7. The van der Waals surface area contributed by atoms with E-state index in [0.29, 0.717) is 0 Å². The lowest BCUT2D eigenvalue weighted by Crippen LogP contribution is -2.36. The molecule has 2 unspecified atom stereocenters. The summed E-state index contributed by atoms with van der Waals surface area (Å²) in [4.78, 5) is 0. The molecule has 3 heteroatoms. The second kappa shape index (κ2) is 5.09. The normalized spacial score (nSPS) is 22.3. The lowest BCUT2D eigenvalue weighted by atomic mass is 9.86. The molecule has 2 atom stereocenters. The highest BCUT2D eigenvalue weighted by molar-refractivity contribution is 7.10. The maximum Gasteiger partial charge on any atom is 0.126 e. The van der Waals surface area contributed by atoms with Crippen molar-refractivity contribution in [2.45, 2.75) is 59.0 Å². The Morgan fingerprint density at radius 1 is 1.44 bits per heavy atom. The minimum Gasteiger partial charge on any atom is -0.487 e. The fraction of sp³-hybridized carbons (Fsp3) is 0.600. The van der Waals surface area contributed by atoms with Crippen molar-refractivity contribution < 1.29 is 9.26 Å². The summed E-state index contributed by atoms with van der Waals surface area (Å²) in [5, 5.41) is 0. The predicted octanol–water partition coefficient (Wildman–Crippen LogP) is 4.36. The van der Waals surface area contributed by atoms with Crippen LogP contribution in [0.1, 0.15) is 49.8 Å². The minimum atomic E-state index is 0.00227. The van der Waals surface area contributed by atoms with Crippen molar-refractivity contribution in [3.8, 4) is 11.5 Å². The van der Waals surface area contributed by atoms with Gasteiger partial charge < -0.3 is 9.26 Å². The van der Waals surface area contributed by atoms with Crippen molar-refractivity contribution in [2.75, 3.05) is 0 Å². The molecule has 100 valence electrons. The van der Waals surface area contributed by atoms with Gasteiger partial charge in [0.15, 0.2) is 0 Å². The zero-order valence-electron chi connectivity index (χ0n) is 11.8. The van der Waals surface area contributed by atoms with Crippen LogP contribution in [0.5, 0.6) is 11.5 Å². The van der Waals surface area contributed by atoms with Crippen molar-refractivity contribution in [3.05, 3.63) is 22.8 Å². The third-order valence-corrected chi connectivity index (χ3v) is 4.21. The van der Waals surface area contributed by atoms with Crippen molar-refractivity contribution in [1.82, 2.24) is 0 Å². The van der Waals surface area contributed by atoms with Crippen LogP contribution in [0.25, 0.3) is 0 Å². The Morgan fingerprint density at radius 2 is 2.17 bits per heavy atom. The van der Waals surface area contributed by atoms with Crippen molar-refractivity contribution in [3.63, 3.8) is 0 Å². The second-order valence-corrected chi connectivity index (χ2v) is 5.78. The molecule has 0 N–H and O–H groups in total. The minimum absolute atomic E-state index is 0.00227. The number of ether oxygens (including phenoxy) is 1. The quantitative estimate of drug-likeness (QED) is 0.757. The van der Waals surface area contributed by atoms with E-state index >= 15 is 0 Å². The van der Waals surface area contributed by atoms with E-state index in [-0.39, 0.29) is 5.60 Å². The van der Waals surface area contributed by atoms with Crippen LogP contribution in [-0.2, 0) is 6.42 Å². The van der Waals surface area contributed by atoms with Crippen LogP contribution in [0.2, 0.25) is 0 Å². The molecule has 2 rings (SSSR count). The van der Waals surface area contributed by atoms with Crippen LogP contribution in [-0.4, -0.2) is 5.60 Å². The zero-order valence-corrected chi connectivity index (χ0v) is 13.0. The van der Waals surface area contributed by atoms with Crippen LogP contribution in [0.15, 0.2) is 6.07 Å². The first-order chi connectivity index (χ1) is 8.50. The second-order valence-electron chi connectivity index (χ2n) is 5.54. The van der Waals surface area contributed by atoms with Gasteiger partial charge >= 0.3 is 0 Å². The van der Waals surface area contributed by atoms with Gasteiger partial charge in [-0.2, -0.15) is 0 Å². The highest BCUT2D eigenvalue weighted by Gasteiger charge is 2.32. The summed E-state index contributed by atoms with van der Waals surface area (Å²) >= 11 is 0. The molecule has 1 aromatic rings. The smallest absolute Gasteiger partial charge is 0.126 e. The van der Waals surface area contributed by atoms with Crippen LogP contribution in [0, 0.1) is 13.8 Å². The van der Waals surface area contributed by atoms with Gasteiger partial charge in [-0.25, -0.2) is 0 Å². The summed E-state index contributed by atoms with van der Waals surface area (Å²) in [6.45, 7) is 8.66. The highest BCUT2D eigenvalue weighted by atomic mass is 31.0. The lowest BCUT2D eigenvalue weighted by molar-refractivity contribution is 0.0543. The SMILES string of the molecule is CCCC1(C)CCc2c(C)c(OP)cc(C)c2O1. The van der Waals surface area contributed by atoms with Crippen LogP contribution < -0.4 is 9.26 Å². The van der Waals surface area contributed by atoms with Crippen molar-refractivity contribution >= 4 is 9.47 Å². The van der Waals surface area contributed by atoms with Crippen LogP contribution in [0.4, 0.5) is 0 Å². The summed E-state index contributed by atoms with van der Waals surface area (Å²) in [5.74, 6) is 2.03. The Kier molecular flexibility index (Phi) is 3.87. The molecule has 0 radical (unpaired) electrons. The standard InChI is InChI=1S/C15H23O2P/c1-5-7-15(4)8-6-12-11(3)13(17-18)9-10(2)14(12)16-15/h9H,5-8,18H2,1-4H3. The van der Waals surface area contributed by atoms with E-state index in [4.69, 9.17) is 9.26 Å². The molecule has 0 saturated carbocycles. The fourth-order valence-corrected chi connectivity index (χ4v) is 3.13. The van der Waals surface area contributed by atoms with E-state index in [1.165, 1.54) is 16.7 Å². The number of aryl methyl sites for hydroxylation is 1. The summed E-state index contributed by atoms with van der Waals surface area (Å²) in [5.41, 5.74) is 3.71. The van der Waals surface area contributed by atoms with Gasteiger partial charge in [0.1, 0.15) is 17.1 Å². The number of hydrogen-bond acceptors (Lipinski definition) is 2. The van der Waals surface area contributed by atoms with Gasteiger partial charge in [0, 0.05) is 5.56 Å². The first-order valence-corrected chi connectivity index (χ1v) is 7.16. The topological polar surface area (TPSA) is 18.5 Å². The number of benzene rings is 1. The molecule has 0 saturated heterocycles. The molecular formula is C15H23O2P. The predicted molar refractivity (Wildman–Crippen MR) is 78.5 cm³/mol. The Labute approximate surface area is 112 Å². The third-order valence-electron chi connectivity index (χ3n) is 3.96. The van der Waals surface area contributed by atoms with E-state index in [9.17, 15) is 0 Å².